The summed E-state index contributed by atoms with van der Waals surface area (Å²) in [5.74, 6) is 2.29. The average Bonchev–Trinajstić information content (AvgIpc) is 3.19. The van der Waals surface area contributed by atoms with E-state index in [1.807, 2.05) is 47.9 Å². The molecule has 0 unspecified atom stereocenters. The number of nitrogens with zero attached hydrogens (tertiary/aromatic N) is 3. The van der Waals surface area contributed by atoms with E-state index in [2.05, 4.69) is 55.0 Å². The van der Waals surface area contributed by atoms with Crippen LogP contribution in [0.4, 0.5) is 5.69 Å². The molecule has 1 N–H and O–H groups in total. The van der Waals surface area contributed by atoms with E-state index >= 15 is 0 Å². The molecule has 180 valence electrons. The fraction of sp³-hybridized carbons (Fsp3) is 0.346. The monoisotopic (exact) mass is 480 g/mol. The Balaban J connectivity index is 1.57. The van der Waals surface area contributed by atoms with Gasteiger partial charge in [-0.05, 0) is 54.3 Å². The predicted molar refractivity (Wildman–Crippen MR) is 137 cm³/mol. The van der Waals surface area contributed by atoms with Crippen LogP contribution in [0.5, 0.6) is 11.5 Å². The number of amides is 1. The topological polar surface area (TPSA) is 78.3 Å². The number of thioether (sulfide) groups is 1. The highest BCUT2D eigenvalue weighted by Gasteiger charge is 2.16. The van der Waals surface area contributed by atoms with Gasteiger partial charge in [-0.25, -0.2) is 0 Å². The first-order chi connectivity index (χ1) is 16.3. The molecule has 1 heterocycles. The minimum absolute atomic E-state index is 0.0913. The lowest BCUT2D eigenvalue weighted by molar-refractivity contribution is -0.113. The number of nitrogens with one attached hydrogen (secondary N) is 1. The molecule has 0 aliphatic rings. The SMILES string of the molecule is C=CCn1c(COc2ccc(C(C)(C)C)cc2)nnc1SCC(=O)Nc1ccc(OCC)cc1. The molecule has 3 aromatic rings. The van der Waals surface area contributed by atoms with Crippen LogP contribution >= 0.6 is 11.8 Å². The number of allylic oxidation sites excluding steroid dienone is 1. The van der Waals surface area contributed by atoms with Crippen LogP contribution in [0.2, 0.25) is 0 Å². The Hall–Kier alpha value is -3.26. The molecular formula is C26H32N4O3S. The quantitative estimate of drug-likeness (QED) is 0.290. The molecule has 0 aliphatic heterocycles. The highest BCUT2D eigenvalue weighted by atomic mass is 32.2. The Morgan fingerprint density at radius 2 is 1.71 bits per heavy atom. The zero-order valence-corrected chi connectivity index (χ0v) is 21.0. The van der Waals surface area contributed by atoms with Crippen molar-refractivity contribution in [2.24, 2.45) is 0 Å². The summed E-state index contributed by atoms with van der Waals surface area (Å²) >= 11 is 1.32. The van der Waals surface area contributed by atoms with Crippen LogP contribution in [0.1, 0.15) is 39.1 Å². The second-order valence-electron chi connectivity index (χ2n) is 8.66. The molecule has 0 aliphatic carbocycles. The fourth-order valence-corrected chi connectivity index (χ4v) is 3.94. The van der Waals surface area contributed by atoms with Gasteiger partial charge in [0, 0.05) is 12.2 Å². The summed E-state index contributed by atoms with van der Waals surface area (Å²) in [6, 6.07) is 15.4. The van der Waals surface area contributed by atoms with Crippen molar-refractivity contribution in [3.05, 3.63) is 72.6 Å². The number of hydrogen-bond donors (Lipinski definition) is 1. The van der Waals surface area contributed by atoms with Crippen molar-refractivity contribution in [1.29, 1.82) is 0 Å². The van der Waals surface area contributed by atoms with Crippen LogP contribution in [0.25, 0.3) is 0 Å². The number of rotatable bonds is 11. The maximum Gasteiger partial charge on any atom is 0.234 e. The van der Waals surface area contributed by atoms with E-state index < -0.39 is 0 Å². The lowest BCUT2D eigenvalue weighted by Crippen LogP contribution is -2.15. The van der Waals surface area contributed by atoms with Gasteiger partial charge >= 0.3 is 0 Å². The van der Waals surface area contributed by atoms with Crippen molar-refractivity contribution >= 4 is 23.4 Å². The van der Waals surface area contributed by atoms with E-state index in [0.29, 0.717) is 29.8 Å². The van der Waals surface area contributed by atoms with Gasteiger partial charge in [-0.2, -0.15) is 0 Å². The van der Waals surface area contributed by atoms with Crippen LogP contribution in [0, 0.1) is 0 Å². The Morgan fingerprint density at radius 3 is 2.32 bits per heavy atom. The molecule has 7 nitrogen and oxygen atoms in total. The summed E-state index contributed by atoms with van der Waals surface area (Å²) in [4.78, 5) is 12.4. The van der Waals surface area contributed by atoms with Crippen molar-refractivity contribution in [2.45, 2.75) is 51.4 Å². The van der Waals surface area contributed by atoms with E-state index in [0.717, 1.165) is 11.5 Å². The van der Waals surface area contributed by atoms with Crippen molar-refractivity contribution in [1.82, 2.24) is 14.8 Å². The van der Waals surface area contributed by atoms with E-state index in [-0.39, 0.29) is 23.7 Å². The summed E-state index contributed by atoms with van der Waals surface area (Å²) in [5.41, 5.74) is 2.05. The van der Waals surface area contributed by atoms with Crippen molar-refractivity contribution < 1.29 is 14.3 Å². The Kier molecular flexibility index (Phi) is 8.76. The summed E-state index contributed by atoms with van der Waals surface area (Å²) < 4.78 is 13.3. The van der Waals surface area contributed by atoms with Gasteiger partial charge in [0.25, 0.3) is 0 Å². The van der Waals surface area contributed by atoms with Gasteiger partial charge < -0.3 is 14.8 Å². The van der Waals surface area contributed by atoms with Crippen LogP contribution in [-0.4, -0.2) is 33.0 Å². The largest absolute Gasteiger partial charge is 0.494 e. The lowest BCUT2D eigenvalue weighted by Gasteiger charge is -2.19. The first kappa shape index (κ1) is 25.4. The maximum atomic E-state index is 12.4. The molecule has 0 saturated heterocycles. The average molecular weight is 481 g/mol. The first-order valence-corrected chi connectivity index (χ1v) is 12.2. The number of hydrogen-bond acceptors (Lipinski definition) is 6. The van der Waals surface area contributed by atoms with Gasteiger partial charge in [0.1, 0.15) is 18.1 Å². The number of ether oxygens (including phenoxy) is 2. The molecule has 2 aromatic carbocycles. The Morgan fingerprint density at radius 1 is 1.06 bits per heavy atom. The highest BCUT2D eigenvalue weighted by molar-refractivity contribution is 7.99. The van der Waals surface area contributed by atoms with E-state index in [4.69, 9.17) is 9.47 Å². The molecule has 1 aromatic heterocycles. The third-order valence-corrected chi connectivity index (χ3v) is 5.94. The summed E-state index contributed by atoms with van der Waals surface area (Å²) in [7, 11) is 0. The van der Waals surface area contributed by atoms with Gasteiger partial charge in [0.2, 0.25) is 5.91 Å². The molecule has 34 heavy (non-hydrogen) atoms. The zero-order chi connectivity index (χ0) is 24.6. The van der Waals surface area contributed by atoms with Crippen molar-refractivity contribution in [3.63, 3.8) is 0 Å². The molecule has 8 heteroatoms. The Labute approximate surface area is 205 Å². The predicted octanol–water partition coefficient (Wildman–Crippen LogP) is 5.47. The smallest absolute Gasteiger partial charge is 0.234 e. The van der Waals surface area contributed by atoms with E-state index in [1.165, 1.54) is 17.3 Å². The third kappa shape index (κ3) is 7.12. The first-order valence-electron chi connectivity index (χ1n) is 11.2. The molecule has 0 saturated carbocycles. The molecule has 0 fully saturated rings. The normalized spacial score (nSPS) is 11.2. The number of anilines is 1. The van der Waals surface area contributed by atoms with Crippen LogP contribution < -0.4 is 14.8 Å². The lowest BCUT2D eigenvalue weighted by atomic mass is 9.87. The minimum Gasteiger partial charge on any atom is -0.494 e. The molecular weight excluding hydrogens is 448 g/mol. The highest BCUT2D eigenvalue weighted by Crippen LogP contribution is 2.25. The fourth-order valence-electron chi connectivity index (χ4n) is 3.17. The third-order valence-electron chi connectivity index (χ3n) is 4.97. The number of benzene rings is 2. The molecule has 0 atom stereocenters. The number of carbonyl (C=O) groups is 1. The summed E-state index contributed by atoms with van der Waals surface area (Å²) in [6.07, 6.45) is 1.77. The van der Waals surface area contributed by atoms with Crippen molar-refractivity contribution in [3.8, 4) is 11.5 Å². The molecule has 3 rings (SSSR count). The van der Waals surface area contributed by atoms with Crippen LogP contribution in [0.3, 0.4) is 0 Å². The second kappa shape index (κ2) is 11.7. The summed E-state index contributed by atoms with van der Waals surface area (Å²) in [5, 5.41) is 12.1. The molecule has 0 radical (unpaired) electrons. The summed E-state index contributed by atoms with van der Waals surface area (Å²) in [6.45, 7) is 13.7. The van der Waals surface area contributed by atoms with Crippen molar-refractivity contribution in [2.75, 3.05) is 17.7 Å². The zero-order valence-electron chi connectivity index (χ0n) is 20.2. The number of aromatic nitrogens is 3. The standard InChI is InChI=1S/C26H32N4O3S/c1-6-16-30-23(17-33-22-12-8-19(9-13-22)26(3,4)5)28-29-25(30)34-18-24(31)27-20-10-14-21(15-11-20)32-7-2/h6,8-15H,1,7,16-18H2,2-5H3,(H,27,31). The second-order valence-corrected chi connectivity index (χ2v) is 9.60. The molecule has 0 spiro atoms. The molecule has 1 amide bonds. The van der Waals surface area contributed by atoms with Gasteiger partial charge in [0.15, 0.2) is 11.0 Å². The van der Waals surface area contributed by atoms with E-state index in [1.54, 1.807) is 6.08 Å². The van der Waals surface area contributed by atoms with Gasteiger partial charge in [-0.1, -0.05) is 50.7 Å². The Bertz CT molecular complexity index is 1090. The maximum absolute atomic E-state index is 12.4. The van der Waals surface area contributed by atoms with Crippen LogP contribution in [-0.2, 0) is 23.4 Å². The van der Waals surface area contributed by atoms with Crippen LogP contribution in [0.15, 0.2) is 66.3 Å². The van der Waals surface area contributed by atoms with Gasteiger partial charge in [0.05, 0.1) is 12.4 Å². The van der Waals surface area contributed by atoms with E-state index in [9.17, 15) is 4.79 Å². The van der Waals surface area contributed by atoms with Gasteiger partial charge in [-0.3, -0.25) is 9.36 Å². The minimum atomic E-state index is -0.126. The molecule has 0 bridgehead atoms. The number of carbonyl (C=O) groups excluding carboxylic acids is 1. The van der Waals surface area contributed by atoms with Gasteiger partial charge in [-0.15, -0.1) is 16.8 Å².